The Hall–Kier alpha value is -3.26. The van der Waals surface area contributed by atoms with Crippen molar-refractivity contribution in [1.29, 1.82) is 5.26 Å². The summed E-state index contributed by atoms with van der Waals surface area (Å²) in [7, 11) is 0. The molecule has 5 heteroatoms. The fourth-order valence-corrected chi connectivity index (χ4v) is 5.07. The van der Waals surface area contributed by atoms with Gasteiger partial charge in [-0.15, -0.1) is 0 Å². The van der Waals surface area contributed by atoms with Crippen LogP contribution in [0.3, 0.4) is 0 Å². The molecule has 0 radical (unpaired) electrons. The van der Waals surface area contributed by atoms with E-state index in [1.165, 1.54) is 0 Å². The number of nitriles is 1. The number of aromatic nitrogens is 1. The second-order valence-corrected chi connectivity index (χ2v) is 8.57. The molecular weight excluding hydrogens is 362 g/mol. The number of ketones is 1. The number of Topliss-reactive ketones (excluding diaryl/α,β-unsaturated/α-hetero) is 1. The lowest BCUT2D eigenvalue weighted by Crippen LogP contribution is -2.62. The Morgan fingerprint density at radius 2 is 1.72 bits per heavy atom. The normalized spacial score (nSPS) is 28.3. The van der Waals surface area contributed by atoms with Crippen LogP contribution in [0.4, 0.5) is 5.82 Å². The third kappa shape index (κ3) is 2.56. The summed E-state index contributed by atoms with van der Waals surface area (Å²) in [6, 6.07) is 17.2. The fraction of sp³-hybridized carbons (Fsp3) is 0.333. The molecule has 0 spiro atoms. The molecular formula is C24H23N3O2. The lowest BCUT2D eigenvalue weighted by molar-refractivity contribution is -0.139. The number of pyridine rings is 1. The molecule has 4 rings (SSSR count). The fourth-order valence-electron chi connectivity index (χ4n) is 5.07. The van der Waals surface area contributed by atoms with Crippen molar-refractivity contribution in [3.05, 3.63) is 71.9 Å². The number of anilines is 1. The van der Waals surface area contributed by atoms with Crippen LogP contribution in [-0.4, -0.2) is 23.2 Å². The minimum Gasteiger partial charge on any atom is -0.297 e. The highest BCUT2D eigenvalue weighted by Gasteiger charge is 2.64. The molecule has 0 saturated heterocycles. The van der Waals surface area contributed by atoms with Gasteiger partial charge < -0.3 is 0 Å². The number of benzene rings is 1. The van der Waals surface area contributed by atoms with Gasteiger partial charge in [0.25, 0.3) is 0 Å². The molecule has 5 nitrogen and oxygen atoms in total. The van der Waals surface area contributed by atoms with Gasteiger partial charge in [-0.25, -0.2) is 4.98 Å². The lowest BCUT2D eigenvalue weighted by Gasteiger charge is -2.54. The van der Waals surface area contributed by atoms with Crippen molar-refractivity contribution in [2.24, 2.45) is 10.8 Å². The van der Waals surface area contributed by atoms with Crippen LogP contribution in [0.25, 0.3) is 0 Å². The molecule has 1 unspecified atom stereocenters. The molecule has 1 amide bonds. The smallest absolute Gasteiger partial charge is 0.243 e. The van der Waals surface area contributed by atoms with E-state index in [9.17, 15) is 14.9 Å². The Balaban J connectivity index is 2.01. The number of amides is 1. The second kappa shape index (κ2) is 6.38. The maximum absolute atomic E-state index is 14.1. The molecule has 0 bridgehead atoms. The van der Waals surface area contributed by atoms with E-state index in [-0.39, 0.29) is 18.1 Å². The van der Waals surface area contributed by atoms with Crippen molar-refractivity contribution >= 4 is 17.5 Å². The van der Waals surface area contributed by atoms with Crippen LogP contribution < -0.4 is 4.90 Å². The Bertz CT molecular complexity index is 1050. The van der Waals surface area contributed by atoms with Gasteiger partial charge in [-0.3, -0.25) is 14.5 Å². The van der Waals surface area contributed by atoms with Crippen LogP contribution >= 0.6 is 0 Å². The first-order chi connectivity index (χ1) is 13.8. The quantitative estimate of drug-likeness (QED) is 0.737. The van der Waals surface area contributed by atoms with Crippen LogP contribution in [0.1, 0.15) is 32.8 Å². The summed E-state index contributed by atoms with van der Waals surface area (Å²) in [5.74, 6) is 0.294. The monoisotopic (exact) mass is 385 g/mol. The predicted octanol–water partition coefficient (Wildman–Crippen LogP) is 3.82. The molecule has 2 atom stereocenters. The van der Waals surface area contributed by atoms with Gasteiger partial charge in [0.15, 0.2) is 5.78 Å². The highest BCUT2D eigenvalue weighted by Crippen LogP contribution is 2.58. The summed E-state index contributed by atoms with van der Waals surface area (Å²) in [6.45, 7) is 5.67. The van der Waals surface area contributed by atoms with E-state index in [1.807, 2.05) is 56.3 Å². The number of fused-ring (bicyclic) bond motifs is 1. The van der Waals surface area contributed by atoms with Crippen molar-refractivity contribution in [3.63, 3.8) is 0 Å². The number of hydrogen-bond acceptors (Lipinski definition) is 4. The van der Waals surface area contributed by atoms with Crippen molar-refractivity contribution in [2.45, 2.75) is 32.6 Å². The minimum atomic E-state index is -1.26. The number of hydrogen-bond donors (Lipinski definition) is 0. The standard InChI is InChI=1S/C24H23N3O2/c1-22(2)18-12-14-27(19-11-7-8-13-26-19)21(29)24(18,17-9-5-4-6-10-17)15-23(3,16-25)20(22)28/h4-13H,14-15H2,1-3H3/t23?,24-/m0/s1. The van der Waals surface area contributed by atoms with Crippen LogP contribution in [-0.2, 0) is 15.0 Å². The SMILES string of the molecule is CC1(C#N)C[C@@]2(c3ccccc3)C(=O)N(c3ccccn3)CC=C2C(C)(C)C1=O. The molecule has 146 valence electrons. The number of carbonyl (C=O) groups excluding carboxylic acids is 2. The lowest BCUT2D eigenvalue weighted by atomic mass is 9.48. The Morgan fingerprint density at radius 3 is 2.34 bits per heavy atom. The van der Waals surface area contributed by atoms with Crippen LogP contribution in [0.2, 0.25) is 0 Å². The van der Waals surface area contributed by atoms with Gasteiger partial charge in [0.1, 0.15) is 11.2 Å². The van der Waals surface area contributed by atoms with Gasteiger partial charge in [-0.2, -0.15) is 5.26 Å². The molecule has 1 saturated carbocycles. The second-order valence-electron chi connectivity index (χ2n) is 8.57. The number of carbonyl (C=O) groups is 2. The van der Waals surface area contributed by atoms with Crippen LogP contribution in [0.15, 0.2) is 66.4 Å². The average molecular weight is 385 g/mol. The highest BCUT2D eigenvalue weighted by molar-refractivity contribution is 6.09. The van der Waals surface area contributed by atoms with Gasteiger partial charge in [0.2, 0.25) is 5.91 Å². The van der Waals surface area contributed by atoms with Crippen LogP contribution in [0.5, 0.6) is 0 Å². The molecule has 2 aliphatic rings. The topological polar surface area (TPSA) is 74.1 Å². The zero-order valence-corrected chi connectivity index (χ0v) is 16.8. The Kier molecular flexibility index (Phi) is 4.20. The summed E-state index contributed by atoms with van der Waals surface area (Å²) in [6.07, 6.45) is 3.76. The number of rotatable bonds is 2. The first-order valence-electron chi connectivity index (χ1n) is 9.73. The third-order valence-electron chi connectivity index (χ3n) is 6.35. The Labute approximate surface area is 170 Å². The first kappa shape index (κ1) is 19.1. The van der Waals surface area contributed by atoms with Crippen molar-refractivity contribution in [2.75, 3.05) is 11.4 Å². The summed E-state index contributed by atoms with van der Waals surface area (Å²) in [5, 5.41) is 9.95. The molecule has 1 fully saturated rings. The summed E-state index contributed by atoms with van der Waals surface area (Å²) in [5.41, 5.74) is -1.69. The maximum Gasteiger partial charge on any atom is 0.243 e. The van der Waals surface area contributed by atoms with Gasteiger partial charge in [-0.05, 0) is 50.5 Å². The van der Waals surface area contributed by atoms with Gasteiger partial charge in [0, 0.05) is 18.2 Å². The third-order valence-corrected chi connectivity index (χ3v) is 6.35. The Morgan fingerprint density at radius 1 is 1.03 bits per heavy atom. The largest absolute Gasteiger partial charge is 0.297 e. The van der Waals surface area contributed by atoms with E-state index < -0.39 is 16.2 Å². The summed E-state index contributed by atoms with van der Waals surface area (Å²) >= 11 is 0. The van der Waals surface area contributed by atoms with E-state index in [4.69, 9.17) is 0 Å². The van der Waals surface area contributed by atoms with Crippen molar-refractivity contribution in [1.82, 2.24) is 4.98 Å². The highest BCUT2D eigenvalue weighted by atomic mass is 16.2. The van der Waals surface area contributed by atoms with Gasteiger partial charge in [-0.1, -0.05) is 42.5 Å². The molecule has 1 aromatic heterocycles. The molecule has 1 aromatic carbocycles. The van der Waals surface area contributed by atoms with E-state index in [1.54, 1.807) is 30.2 Å². The van der Waals surface area contributed by atoms with Gasteiger partial charge >= 0.3 is 0 Å². The molecule has 2 aromatic rings. The van der Waals surface area contributed by atoms with Crippen LogP contribution in [0, 0.1) is 22.2 Å². The zero-order valence-electron chi connectivity index (χ0n) is 16.8. The van der Waals surface area contributed by atoms with E-state index >= 15 is 0 Å². The molecule has 0 N–H and O–H groups in total. The summed E-state index contributed by atoms with van der Waals surface area (Å²) in [4.78, 5) is 33.4. The van der Waals surface area contributed by atoms with E-state index in [0.29, 0.717) is 12.4 Å². The predicted molar refractivity (Wildman–Crippen MR) is 110 cm³/mol. The van der Waals surface area contributed by atoms with E-state index in [0.717, 1.165) is 11.1 Å². The van der Waals surface area contributed by atoms with Crippen molar-refractivity contribution in [3.8, 4) is 6.07 Å². The average Bonchev–Trinajstić information content (AvgIpc) is 2.74. The molecule has 29 heavy (non-hydrogen) atoms. The summed E-state index contributed by atoms with van der Waals surface area (Å²) < 4.78 is 0. The molecule has 2 heterocycles. The van der Waals surface area contributed by atoms with Crippen molar-refractivity contribution < 1.29 is 9.59 Å². The van der Waals surface area contributed by atoms with Gasteiger partial charge in [0.05, 0.1) is 11.5 Å². The zero-order chi connectivity index (χ0) is 20.9. The number of nitrogens with zero attached hydrogens (tertiary/aromatic N) is 3. The molecule has 1 aliphatic heterocycles. The maximum atomic E-state index is 14.1. The minimum absolute atomic E-state index is 0.122. The first-order valence-corrected chi connectivity index (χ1v) is 9.73. The van der Waals surface area contributed by atoms with E-state index in [2.05, 4.69) is 11.1 Å². The molecule has 1 aliphatic carbocycles.